The highest BCUT2D eigenvalue weighted by Gasteiger charge is 2.32. The third-order valence-electron chi connectivity index (χ3n) is 7.63. The molecule has 0 N–H and O–H groups in total. The van der Waals surface area contributed by atoms with E-state index in [0.717, 1.165) is 35.9 Å². The number of carbonyl (C=O) groups excluding carboxylic acids is 2. The van der Waals surface area contributed by atoms with Crippen molar-refractivity contribution in [3.63, 3.8) is 0 Å². The van der Waals surface area contributed by atoms with Crippen molar-refractivity contribution in [3.8, 4) is 17.5 Å². The first-order chi connectivity index (χ1) is 21.4. The number of hydrogen-bond donors (Lipinski definition) is 0. The molecule has 240 valence electrons. The molecular formula is C32H40FN7O5. The Bertz CT molecular complexity index is 1540. The van der Waals surface area contributed by atoms with Gasteiger partial charge in [-0.2, -0.15) is 10.1 Å². The lowest BCUT2D eigenvalue weighted by Crippen LogP contribution is -2.39. The number of rotatable bonds is 8. The average molecular weight is 622 g/mol. The quantitative estimate of drug-likeness (QED) is 0.325. The van der Waals surface area contributed by atoms with Crippen LogP contribution in [0.15, 0.2) is 36.7 Å². The summed E-state index contributed by atoms with van der Waals surface area (Å²) in [5.41, 5.74) is 1.23. The van der Waals surface area contributed by atoms with Crippen molar-refractivity contribution in [2.24, 2.45) is 0 Å². The number of nitrogens with zero attached hydrogens (tertiary/aromatic N) is 7. The van der Waals surface area contributed by atoms with E-state index in [-0.39, 0.29) is 41.5 Å². The SMILES string of the molecule is CCN(C(=O)c1cc(F)ccc1Oc1nncc(N2CCC(Oc3ccnc4c3CN(C(=O)OC(C)(C)C)C4)CC2)n1)C(C)C. The summed E-state index contributed by atoms with van der Waals surface area (Å²) in [6.45, 7) is 13.7. The largest absolute Gasteiger partial charge is 0.490 e. The Morgan fingerprint density at radius 1 is 1.11 bits per heavy atom. The molecule has 2 amide bonds. The van der Waals surface area contributed by atoms with E-state index in [2.05, 4.69) is 25.1 Å². The molecule has 13 heteroatoms. The predicted octanol–water partition coefficient (Wildman–Crippen LogP) is 5.37. The first kappa shape index (κ1) is 31.9. The number of amides is 2. The third-order valence-corrected chi connectivity index (χ3v) is 7.63. The Labute approximate surface area is 262 Å². The van der Waals surface area contributed by atoms with Gasteiger partial charge < -0.3 is 24.0 Å². The minimum Gasteiger partial charge on any atom is -0.490 e. The van der Waals surface area contributed by atoms with Gasteiger partial charge in [-0.25, -0.2) is 9.18 Å². The van der Waals surface area contributed by atoms with Crippen LogP contribution in [0.25, 0.3) is 0 Å². The first-order valence-electron chi connectivity index (χ1n) is 15.3. The Balaban J connectivity index is 1.22. The van der Waals surface area contributed by atoms with Crippen LogP contribution in [0.5, 0.6) is 17.5 Å². The highest BCUT2D eigenvalue weighted by molar-refractivity contribution is 5.97. The van der Waals surface area contributed by atoms with Crippen LogP contribution < -0.4 is 14.4 Å². The van der Waals surface area contributed by atoms with Gasteiger partial charge in [0.2, 0.25) is 0 Å². The standard InChI is InChI=1S/C32H40FN7O5/c1-7-40(20(2)3)29(41)23-16-21(33)8-9-26(23)44-30-36-28(17-35-37-30)38-14-11-22(12-15-38)43-27-10-13-34-25-19-39(18-24(25)27)31(42)45-32(4,5)6/h8-10,13,16-17,20,22H,7,11-12,14-15,18-19H2,1-6H3. The Morgan fingerprint density at radius 3 is 2.56 bits per heavy atom. The summed E-state index contributed by atoms with van der Waals surface area (Å²) < 4.78 is 32.0. The van der Waals surface area contributed by atoms with Crippen LogP contribution in [0.4, 0.5) is 15.0 Å². The number of carbonyl (C=O) groups is 2. The van der Waals surface area contributed by atoms with E-state index < -0.39 is 11.4 Å². The maximum absolute atomic E-state index is 14.1. The van der Waals surface area contributed by atoms with Gasteiger partial charge in [-0.15, -0.1) is 0 Å². The van der Waals surface area contributed by atoms with Gasteiger partial charge in [-0.1, -0.05) is 5.10 Å². The van der Waals surface area contributed by atoms with Gasteiger partial charge in [-0.05, 0) is 65.8 Å². The number of piperidine rings is 1. The van der Waals surface area contributed by atoms with E-state index in [4.69, 9.17) is 14.2 Å². The number of benzene rings is 1. The van der Waals surface area contributed by atoms with E-state index in [0.29, 0.717) is 38.5 Å². The number of halogens is 1. The van der Waals surface area contributed by atoms with Crippen molar-refractivity contribution >= 4 is 17.8 Å². The molecule has 2 aliphatic heterocycles. The molecular weight excluding hydrogens is 581 g/mol. The zero-order valence-corrected chi connectivity index (χ0v) is 26.6. The van der Waals surface area contributed by atoms with Crippen LogP contribution in [0.1, 0.15) is 76.0 Å². The molecule has 2 aliphatic rings. The molecule has 0 atom stereocenters. The molecule has 3 aromatic rings. The van der Waals surface area contributed by atoms with Crippen molar-refractivity contribution in [1.29, 1.82) is 0 Å². The fraction of sp³-hybridized carbons (Fsp3) is 0.500. The highest BCUT2D eigenvalue weighted by atomic mass is 19.1. The summed E-state index contributed by atoms with van der Waals surface area (Å²) in [5, 5.41) is 8.07. The average Bonchev–Trinajstić information content (AvgIpc) is 3.44. The van der Waals surface area contributed by atoms with Crippen molar-refractivity contribution in [2.45, 2.75) is 85.2 Å². The molecule has 12 nitrogen and oxygen atoms in total. The molecule has 0 aliphatic carbocycles. The summed E-state index contributed by atoms with van der Waals surface area (Å²) in [7, 11) is 0. The molecule has 0 saturated carbocycles. The normalized spacial score (nSPS) is 15.2. The summed E-state index contributed by atoms with van der Waals surface area (Å²) >= 11 is 0. The zero-order valence-electron chi connectivity index (χ0n) is 26.6. The maximum Gasteiger partial charge on any atom is 0.410 e. The lowest BCUT2D eigenvalue weighted by molar-refractivity contribution is 0.0239. The highest BCUT2D eigenvalue weighted by Crippen LogP contribution is 2.33. The van der Waals surface area contributed by atoms with Gasteiger partial charge >= 0.3 is 12.1 Å². The molecule has 1 aromatic carbocycles. The molecule has 0 radical (unpaired) electrons. The molecule has 0 spiro atoms. The van der Waals surface area contributed by atoms with Crippen LogP contribution in [0.2, 0.25) is 0 Å². The Morgan fingerprint density at radius 2 is 1.87 bits per heavy atom. The molecule has 0 unspecified atom stereocenters. The molecule has 5 rings (SSSR count). The van der Waals surface area contributed by atoms with Crippen LogP contribution in [-0.2, 0) is 17.8 Å². The number of hydrogen-bond acceptors (Lipinski definition) is 10. The van der Waals surface area contributed by atoms with Crippen molar-refractivity contribution in [1.82, 2.24) is 30.0 Å². The number of anilines is 1. The van der Waals surface area contributed by atoms with E-state index in [1.165, 1.54) is 12.1 Å². The zero-order chi connectivity index (χ0) is 32.3. The number of fused-ring (bicyclic) bond motifs is 1. The fourth-order valence-corrected chi connectivity index (χ4v) is 5.43. The Kier molecular flexibility index (Phi) is 9.35. The van der Waals surface area contributed by atoms with E-state index >= 15 is 0 Å². The second kappa shape index (κ2) is 13.2. The van der Waals surface area contributed by atoms with Gasteiger partial charge in [0, 0.05) is 50.3 Å². The maximum atomic E-state index is 14.1. The van der Waals surface area contributed by atoms with Gasteiger partial charge in [0.15, 0.2) is 5.82 Å². The van der Waals surface area contributed by atoms with Crippen LogP contribution in [0, 0.1) is 5.82 Å². The third kappa shape index (κ3) is 7.58. The lowest BCUT2D eigenvalue weighted by Gasteiger charge is -2.33. The van der Waals surface area contributed by atoms with Crippen molar-refractivity contribution < 1.29 is 28.2 Å². The van der Waals surface area contributed by atoms with Gasteiger partial charge in [0.1, 0.15) is 29.0 Å². The van der Waals surface area contributed by atoms with Crippen molar-refractivity contribution in [2.75, 3.05) is 24.5 Å². The molecule has 2 aromatic heterocycles. The summed E-state index contributed by atoms with van der Waals surface area (Å²) in [4.78, 5) is 40.1. The van der Waals surface area contributed by atoms with Crippen molar-refractivity contribution in [3.05, 3.63) is 59.3 Å². The molecule has 1 saturated heterocycles. The van der Waals surface area contributed by atoms with Crippen LogP contribution in [-0.4, -0.2) is 79.3 Å². The molecule has 1 fully saturated rings. The number of aromatic nitrogens is 4. The molecule has 45 heavy (non-hydrogen) atoms. The van der Waals surface area contributed by atoms with Crippen LogP contribution >= 0.6 is 0 Å². The minimum atomic E-state index is -0.578. The second-order valence-corrected chi connectivity index (χ2v) is 12.4. The number of pyridine rings is 1. The summed E-state index contributed by atoms with van der Waals surface area (Å²) in [6, 6.07) is 5.53. The predicted molar refractivity (Wildman–Crippen MR) is 164 cm³/mol. The van der Waals surface area contributed by atoms with Gasteiger partial charge in [0.25, 0.3) is 5.91 Å². The molecule has 0 bridgehead atoms. The van der Waals surface area contributed by atoms with Gasteiger partial charge in [-0.3, -0.25) is 14.7 Å². The topological polar surface area (TPSA) is 123 Å². The van der Waals surface area contributed by atoms with E-state index in [1.807, 2.05) is 47.6 Å². The van der Waals surface area contributed by atoms with Gasteiger partial charge in [0.05, 0.1) is 30.5 Å². The molecule has 4 heterocycles. The monoisotopic (exact) mass is 621 g/mol. The lowest BCUT2D eigenvalue weighted by atomic mass is 10.1. The summed E-state index contributed by atoms with van der Waals surface area (Å²) in [6.07, 6.45) is 4.31. The fourth-order valence-electron chi connectivity index (χ4n) is 5.43. The van der Waals surface area contributed by atoms with Crippen LogP contribution in [0.3, 0.4) is 0 Å². The number of ether oxygens (including phenoxy) is 3. The second-order valence-electron chi connectivity index (χ2n) is 12.4. The summed E-state index contributed by atoms with van der Waals surface area (Å²) in [5.74, 6) is 0.573. The Hall–Kier alpha value is -4.55. The minimum absolute atomic E-state index is 0.0379. The van der Waals surface area contributed by atoms with E-state index in [9.17, 15) is 14.0 Å². The smallest absolute Gasteiger partial charge is 0.410 e. The first-order valence-corrected chi connectivity index (χ1v) is 15.3. The van der Waals surface area contributed by atoms with E-state index in [1.54, 1.807) is 22.2 Å².